The number of hydrogen-bond acceptors (Lipinski definition) is 3. The first-order valence-electron chi connectivity index (χ1n) is 6.51. The Labute approximate surface area is 118 Å². The van der Waals surface area contributed by atoms with Gasteiger partial charge in [0.1, 0.15) is 11.9 Å². The van der Waals surface area contributed by atoms with Gasteiger partial charge < -0.3 is 15.4 Å². The van der Waals surface area contributed by atoms with Crippen molar-refractivity contribution in [2.24, 2.45) is 5.73 Å². The maximum Gasteiger partial charge on any atom is 0.236 e. The van der Waals surface area contributed by atoms with Crippen molar-refractivity contribution >= 4 is 17.5 Å². The van der Waals surface area contributed by atoms with Crippen molar-refractivity contribution < 1.29 is 9.53 Å². The van der Waals surface area contributed by atoms with E-state index in [9.17, 15) is 4.79 Å². The summed E-state index contributed by atoms with van der Waals surface area (Å²) in [5, 5.41) is 0.702. The Balaban J connectivity index is 2.00. The summed E-state index contributed by atoms with van der Waals surface area (Å²) in [6.45, 7) is 3.41. The van der Waals surface area contributed by atoms with Crippen LogP contribution in [0, 0.1) is 6.92 Å². The summed E-state index contributed by atoms with van der Waals surface area (Å²) in [6.07, 6.45) is 1.93. The first kappa shape index (κ1) is 14.2. The van der Waals surface area contributed by atoms with Gasteiger partial charge in [0.15, 0.2) is 0 Å². The Kier molecular flexibility index (Phi) is 4.66. The molecule has 2 N–H and O–H groups in total. The monoisotopic (exact) mass is 282 g/mol. The zero-order chi connectivity index (χ0) is 13.8. The van der Waals surface area contributed by atoms with Gasteiger partial charge in [0.25, 0.3) is 0 Å². The lowest BCUT2D eigenvalue weighted by atomic mass is 10.1. The number of benzene rings is 1. The van der Waals surface area contributed by atoms with Gasteiger partial charge in [-0.25, -0.2) is 0 Å². The van der Waals surface area contributed by atoms with Crippen LogP contribution in [-0.4, -0.2) is 36.5 Å². The third-order valence-electron chi connectivity index (χ3n) is 3.34. The number of likely N-dealkylation sites (tertiary alicyclic amines) is 1. The van der Waals surface area contributed by atoms with E-state index in [1.165, 1.54) is 0 Å². The zero-order valence-corrected chi connectivity index (χ0v) is 11.8. The lowest BCUT2D eigenvalue weighted by molar-refractivity contribution is -0.132. The lowest BCUT2D eigenvalue weighted by Gasteiger charge is -2.33. The lowest BCUT2D eigenvalue weighted by Crippen LogP contribution is -2.46. The Morgan fingerprint density at radius 2 is 2.37 bits per heavy atom. The largest absolute Gasteiger partial charge is 0.488 e. The maximum absolute atomic E-state index is 11.6. The van der Waals surface area contributed by atoms with E-state index in [0.29, 0.717) is 11.6 Å². The van der Waals surface area contributed by atoms with Gasteiger partial charge >= 0.3 is 0 Å². The van der Waals surface area contributed by atoms with Crippen LogP contribution < -0.4 is 10.5 Å². The smallest absolute Gasteiger partial charge is 0.236 e. The van der Waals surface area contributed by atoms with Crippen molar-refractivity contribution in [1.29, 1.82) is 0 Å². The molecule has 1 unspecified atom stereocenters. The van der Waals surface area contributed by atoms with E-state index in [-0.39, 0.29) is 18.6 Å². The van der Waals surface area contributed by atoms with E-state index in [2.05, 4.69) is 0 Å². The quantitative estimate of drug-likeness (QED) is 0.922. The molecule has 2 rings (SSSR count). The topological polar surface area (TPSA) is 55.6 Å². The average molecular weight is 283 g/mol. The third kappa shape index (κ3) is 3.61. The van der Waals surface area contributed by atoms with Gasteiger partial charge in [-0.15, -0.1) is 0 Å². The summed E-state index contributed by atoms with van der Waals surface area (Å²) >= 11 is 5.92. The number of carbonyl (C=O) groups is 1. The minimum Gasteiger partial charge on any atom is -0.488 e. The second-order valence-electron chi connectivity index (χ2n) is 4.84. The molecule has 1 aromatic rings. The highest BCUT2D eigenvalue weighted by Crippen LogP contribution is 2.25. The minimum atomic E-state index is -0.0128. The number of rotatable bonds is 3. The van der Waals surface area contributed by atoms with Gasteiger partial charge in [0.2, 0.25) is 5.91 Å². The van der Waals surface area contributed by atoms with Crippen molar-refractivity contribution in [3.8, 4) is 5.75 Å². The van der Waals surface area contributed by atoms with Gasteiger partial charge in [-0.2, -0.15) is 0 Å². The fourth-order valence-electron chi connectivity index (χ4n) is 2.31. The molecule has 0 bridgehead atoms. The molecular formula is C14H19ClN2O2. The maximum atomic E-state index is 11.6. The van der Waals surface area contributed by atoms with Crippen LogP contribution in [0.4, 0.5) is 0 Å². The predicted molar refractivity (Wildman–Crippen MR) is 75.5 cm³/mol. The van der Waals surface area contributed by atoms with Gasteiger partial charge in [-0.3, -0.25) is 4.79 Å². The summed E-state index contributed by atoms with van der Waals surface area (Å²) < 4.78 is 5.97. The predicted octanol–water partition coefficient (Wildman–Crippen LogP) is 1.98. The highest BCUT2D eigenvalue weighted by atomic mass is 35.5. The highest BCUT2D eigenvalue weighted by molar-refractivity contribution is 6.30. The summed E-state index contributed by atoms with van der Waals surface area (Å²) in [5.74, 6) is 0.817. The van der Waals surface area contributed by atoms with E-state index in [4.69, 9.17) is 22.1 Å². The molecule has 0 spiro atoms. The molecule has 19 heavy (non-hydrogen) atoms. The Morgan fingerprint density at radius 3 is 3.05 bits per heavy atom. The van der Waals surface area contributed by atoms with Crippen LogP contribution in [0.5, 0.6) is 5.75 Å². The van der Waals surface area contributed by atoms with Crippen LogP contribution in [0.3, 0.4) is 0 Å². The zero-order valence-electron chi connectivity index (χ0n) is 11.1. The van der Waals surface area contributed by atoms with Crippen LogP contribution in [-0.2, 0) is 4.79 Å². The molecule has 1 amide bonds. The number of piperidine rings is 1. The molecule has 1 aliphatic rings. The molecular weight excluding hydrogens is 264 g/mol. The summed E-state index contributed by atoms with van der Waals surface area (Å²) in [5.41, 5.74) is 6.40. The first-order valence-corrected chi connectivity index (χ1v) is 6.88. The Hall–Kier alpha value is -1.26. The number of amides is 1. The van der Waals surface area contributed by atoms with Crippen molar-refractivity contribution in [1.82, 2.24) is 4.90 Å². The molecule has 5 heteroatoms. The van der Waals surface area contributed by atoms with Crippen LogP contribution >= 0.6 is 11.6 Å². The standard InChI is InChI=1S/C14H19ClN2O2/c1-10-7-11(15)4-5-13(10)19-12-3-2-6-17(9-12)14(18)8-16/h4-5,7,12H,2-3,6,8-9,16H2,1H3. The molecule has 0 saturated carbocycles. The number of nitrogens with zero attached hydrogens (tertiary/aromatic N) is 1. The Morgan fingerprint density at radius 1 is 1.58 bits per heavy atom. The van der Waals surface area contributed by atoms with Gasteiger partial charge in [-0.05, 0) is 43.5 Å². The van der Waals surface area contributed by atoms with Gasteiger partial charge in [0, 0.05) is 11.6 Å². The number of halogens is 1. The molecule has 1 heterocycles. The van der Waals surface area contributed by atoms with E-state index >= 15 is 0 Å². The second kappa shape index (κ2) is 6.26. The van der Waals surface area contributed by atoms with Crippen molar-refractivity contribution in [3.05, 3.63) is 28.8 Å². The molecule has 0 aromatic heterocycles. The summed E-state index contributed by atoms with van der Waals surface area (Å²) in [4.78, 5) is 13.4. The number of ether oxygens (including phenoxy) is 1. The summed E-state index contributed by atoms with van der Waals surface area (Å²) in [7, 11) is 0. The number of nitrogens with two attached hydrogens (primary N) is 1. The fraction of sp³-hybridized carbons (Fsp3) is 0.500. The van der Waals surface area contributed by atoms with Gasteiger partial charge in [0.05, 0.1) is 13.1 Å². The molecule has 0 aliphatic carbocycles. The van der Waals surface area contributed by atoms with Crippen molar-refractivity contribution in [3.63, 3.8) is 0 Å². The molecule has 104 valence electrons. The normalized spacial score (nSPS) is 19.3. The second-order valence-corrected chi connectivity index (χ2v) is 5.27. The molecule has 0 radical (unpaired) electrons. The molecule has 1 atom stereocenters. The van der Waals surface area contributed by atoms with Crippen molar-refractivity contribution in [2.75, 3.05) is 19.6 Å². The molecule has 4 nitrogen and oxygen atoms in total. The van der Waals surface area contributed by atoms with Gasteiger partial charge in [-0.1, -0.05) is 11.6 Å². The molecule has 1 aromatic carbocycles. The van der Waals surface area contributed by atoms with E-state index in [1.54, 1.807) is 4.90 Å². The SMILES string of the molecule is Cc1cc(Cl)ccc1OC1CCCN(C(=O)CN)C1. The van der Waals surface area contributed by atoms with Crippen LogP contribution in [0.2, 0.25) is 5.02 Å². The number of aryl methyl sites for hydroxylation is 1. The van der Waals surface area contributed by atoms with E-state index in [1.807, 2.05) is 25.1 Å². The molecule has 1 aliphatic heterocycles. The minimum absolute atomic E-state index is 0.0128. The first-order chi connectivity index (χ1) is 9.10. The third-order valence-corrected chi connectivity index (χ3v) is 3.57. The summed E-state index contributed by atoms with van der Waals surface area (Å²) in [6, 6.07) is 5.57. The highest BCUT2D eigenvalue weighted by Gasteiger charge is 2.24. The number of carbonyl (C=O) groups excluding carboxylic acids is 1. The van der Waals surface area contributed by atoms with Crippen LogP contribution in [0.15, 0.2) is 18.2 Å². The molecule has 1 fully saturated rings. The van der Waals surface area contributed by atoms with Crippen LogP contribution in [0.1, 0.15) is 18.4 Å². The van der Waals surface area contributed by atoms with E-state index in [0.717, 1.165) is 30.7 Å². The fourth-order valence-corrected chi connectivity index (χ4v) is 2.54. The van der Waals surface area contributed by atoms with Crippen LogP contribution in [0.25, 0.3) is 0 Å². The average Bonchev–Trinajstić information content (AvgIpc) is 2.41. The Bertz CT molecular complexity index is 465. The van der Waals surface area contributed by atoms with Crippen molar-refractivity contribution in [2.45, 2.75) is 25.9 Å². The van der Waals surface area contributed by atoms with E-state index < -0.39 is 0 Å². The molecule has 1 saturated heterocycles. The number of hydrogen-bond donors (Lipinski definition) is 1.